The van der Waals surface area contributed by atoms with Gasteiger partial charge >= 0.3 is 6.18 Å². The van der Waals surface area contributed by atoms with Crippen molar-refractivity contribution in [2.45, 2.75) is 6.18 Å². The monoisotopic (exact) mass is 342 g/mol. The van der Waals surface area contributed by atoms with Gasteiger partial charge in [0.15, 0.2) is 11.5 Å². The standard InChI is InChI=1S/C14H10ClF3N4O/c1-23-9-3-2-7-8(19)6-11(20-13(7)12(9)15)22-5-4-10(21-22)14(16,17)18/h2-6H,1H3,(H2,19,20). The molecule has 2 N–H and O–H groups in total. The normalized spacial score (nSPS) is 11.9. The summed E-state index contributed by atoms with van der Waals surface area (Å²) in [5.41, 5.74) is 5.57. The molecule has 0 aliphatic heterocycles. The summed E-state index contributed by atoms with van der Waals surface area (Å²) in [6.07, 6.45) is -3.38. The number of anilines is 1. The molecule has 2 heterocycles. The van der Waals surface area contributed by atoms with Gasteiger partial charge in [-0.1, -0.05) is 11.6 Å². The van der Waals surface area contributed by atoms with Crippen molar-refractivity contribution in [1.82, 2.24) is 14.8 Å². The molecule has 2 aromatic heterocycles. The van der Waals surface area contributed by atoms with E-state index in [0.29, 0.717) is 22.3 Å². The highest BCUT2D eigenvalue weighted by atomic mass is 35.5. The summed E-state index contributed by atoms with van der Waals surface area (Å²) in [5.74, 6) is 0.514. The Hall–Kier alpha value is -2.48. The minimum Gasteiger partial charge on any atom is -0.495 e. The number of nitrogen functional groups attached to an aromatic ring is 1. The van der Waals surface area contributed by atoms with Crippen molar-refractivity contribution in [3.05, 3.63) is 41.2 Å². The van der Waals surface area contributed by atoms with Crippen LogP contribution in [0.1, 0.15) is 5.69 Å². The van der Waals surface area contributed by atoms with Crippen molar-refractivity contribution in [3.8, 4) is 11.6 Å². The molecule has 3 rings (SSSR count). The van der Waals surface area contributed by atoms with Gasteiger partial charge in [-0.25, -0.2) is 9.67 Å². The van der Waals surface area contributed by atoms with E-state index in [-0.39, 0.29) is 10.8 Å². The van der Waals surface area contributed by atoms with Crippen LogP contribution >= 0.6 is 11.6 Å². The van der Waals surface area contributed by atoms with Crippen LogP contribution in [0.25, 0.3) is 16.7 Å². The number of alkyl halides is 3. The second kappa shape index (κ2) is 5.31. The molecule has 0 radical (unpaired) electrons. The molecule has 23 heavy (non-hydrogen) atoms. The Morgan fingerprint density at radius 2 is 2.00 bits per heavy atom. The van der Waals surface area contributed by atoms with Crippen molar-refractivity contribution >= 4 is 28.2 Å². The number of aromatic nitrogens is 3. The summed E-state index contributed by atoms with van der Waals surface area (Å²) in [4.78, 5) is 4.25. The lowest BCUT2D eigenvalue weighted by Gasteiger charge is -2.10. The predicted molar refractivity (Wildman–Crippen MR) is 79.8 cm³/mol. The van der Waals surface area contributed by atoms with E-state index in [9.17, 15) is 13.2 Å². The number of pyridine rings is 1. The van der Waals surface area contributed by atoms with E-state index in [4.69, 9.17) is 22.1 Å². The SMILES string of the molecule is COc1ccc2c(N)cc(-n3ccc(C(F)(F)F)n3)nc2c1Cl. The van der Waals surface area contributed by atoms with Gasteiger partial charge < -0.3 is 10.5 Å². The molecule has 5 nitrogen and oxygen atoms in total. The Morgan fingerprint density at radius 3 is 2.61 bits per heavy atom. The number of methoxy groups -OCH3 is 1. The predicted octanol–water partition coefficient (Wildman–Crippen LogP) is 3.68. The first kappa shape index (κ1) is 15.4. The van der Waals surface area contributed by atoms with Crippen LogP contribution < -0.4 is 10.5 Å². The summed E-state index contributed by atoms with van der Waals surface area (Å²) in [7, 11) is 1.45. The van der Waals surface area contributed by atoms with Crippen LogP contribution in [0.3, 0.4) is 0 Å². The quantitative estimate of drug-likeness (QED) is 0.771. The zero-order valence-electron chi connectivity index (χ0n) is 11.7. The van der Waals surface area contributed by atoms with E-state index in [1.807, 2.05) is 0 Å². The third-order valence-electron chi connectivity index (χ3n) is 3.24. The van der Waals surface area contributed by atoms with Crippen LogP contribution in [-0.4, -0.2) is 21.9 Å². The van der Waals surface area contributed by atoms with Gasteiger partial charge in [0.25, 0.3) is 0 Å². The number of nitrogens with zero attached hydrogens (tertiary/aromatic N) is 3. The molecule has 0 saturated heterocycles. The molecular formula is C14H10ClF3N4O. The van der Waals surface area contributed by atoms with E-state index < -0.39 is 11.9 Å². The molecule has 9 heteroatoms. The fraction of sp³-hybridized carbons (Fsp3) is 0.143. The van der Waals surface area contributed by atoms with E-state index >= 15 is 0 Å². The summed E-state index contributed by atoms with van der Waals surface area (Å²) in [6.45, 7) is 0. The number of hydrogen-bond acceptors (Lipinski definition) is 4. The zero-order chi connectivity index (χ0) is 16.8. The summed E-state index contributed by atoms with van der Waals surface area (Å²) >= 11 is 6.20. The summed E-state index contributed by atoms with van der Waals surface area (Å²) in [5, 5.41) is 4.27. The maximum Gasteiger partial charge on any atom is 0.435 e. The molecule has 0 aliphatic carbocycles. The van der Waals surface area contributed by atoms with Crippen LogP contribution in [0, 0.1) is 0 Å². The third-order valence-corrected chi connectivity index (χ3v) is 3.60. The highest BCUT2D eigenvalue weighted by Crippen LogP contribution is 2.35. The number of hydrogen-bond donors (Lipinski definition) is 1. The first-order valence-corrected chi connectivity index (χ1v) is 6.75. The van der Waals surface area contributed by atoms with Crippen LogP contribution in [0.15, 0.2) is 30.5 Å². The lowest BCUT2D eigenvalue weighted by atomic mass is 10.1. The first-order chi connectivity index (χ1) is 10.8. The number of rotatable bonds is 2. The number of halogens is 4. The minimum atomic E-state index is -4.53. The lowest BCUT2D eigenvalue weighted by molar-refractivity contribution is -0.141. The number of ether oxygens (including phenoxy) is 1. The fourth-order valence-electron chi connectivity index (χ4n) is 2.13. The maximum atomic E-state index is 12.7. The second-order valence-electron chi connectivity index (χ2n) is 4.69. The molecule has 0 saturated carbocycles. The van der Waals surface area contributed by atoms with Crippen LogP contribution in [0.5, 0.6) is 5.75 Å². The largest absolute Gasteiger partial charge is 0.495 e. The smallest absolute Gasteiger partial charge is 0.435 e. The molecule has 120 valence electrons. The van der Waals surface area contributed by atoms with Gasteiger partial charge in [0.2, 0.25) is 0 Å². The van der Waals surface area contributed by atoms with Crippen molar-refractivity contribution < 1.29 is 17.9 Å². The first-order valence-electron chi connectivity index (χ1n) is 6.37. The zero-order valence-corrected chi connectivity index (χ0v) is 12.5. The van der Waals surface area contributed by atoms with Crippen molar-refractivity contribution in [1.29, 1.82) is 0 Å². The molecular weight excluding hydrogens is 333 g/mol. The summed E-state index contributed by atoms with van der Waals surface area (Å²) in [6, 6.07) is 5.60. The van der Waals surface area contributed by atoms with Gasteiger partial charge in [-0.05, 0) is 18.2 Å². The summed E-state index contributed by atoms with van der Waals surface area (Å²) < 4.78 is 44.1. The third kappa shape index (κ3) is 2.65. The van der Waals surface area contributed by atoms with E-state index in [2.05, 4.69) is 10.1 Å². The van der Waals surface area contributed by atoms with Gasteiger partial charge in [0.1, 0.15) is 10.8 Å². The van der Waals surface area contributed by atoms with Crippen molar-refractivity contribution in [3.63, 3.8) is 0 Å². The number of benzene rings is 1. The molecule has 0 fully saturated rings. The molecule has 0 bridgehead atoms. The average molecular weight is 343 g/mol. The number of nitrogens with two attached hydrogens (primary N) is 1. The highest BCUT2D eigenvalue weighted by Gasteiger charge is 2.33. The molecule has 0 unspecified atom stereocenters. The maximum absolute atomic E-state index is 12.7. The number of fused-ring (bicyclic) bond motifs is 1. The molecule has 0 spiro atoms. The van der Waals surface area contributed by atoms with Crippen LogP contribution in [-0.2, 0) is 6.18 Å². The Morgan fingerprint density at radius 1 is 1.26 bits per heavy atom. The van der Waals surface area contributed by atoms with Gasteiger partial charge in [0, 0.05) is 23.3 Å². The van der Waals surface area contributed by atoms with Crippen LogP contribution in [0.4, 0.5) is 18.9 Å². The van der Waals surface area contributed by atoms with Gasteiger partial charge in [-0.2, -0.15) is 18.3 Å². The van der Waals surface area contributed by atoms with E-state index in [0.717, 1.165) is 16.9 Å². The minimum absolute atomic E-state index is 0.126. The highest BCUT2D eigenvalue weighted by molar-refractivity contribution is 6.36. The molecule has 0 aliphatic rings. The molecule has 0 atom stereocenters. The Labute approximate surface area is 133 Å². The molecule has 1 aromatic carbocycles. The Bertz CT molecular complexity index is 892. The Balaban J connectivity index is 2.19. The van der Waals surface area contributed by atoms with Crippen molar-refractivity contribution in [2.24, 2.45) is 0 Å². The lowest BCUT2D eigenvalue weighted by Crippen LogP contribution is -2.08. The van der Waals surface area contributed by atoms with Gasteiger partial charge in [0.05, 0.1) is 12.6 Å². The second-order valence-corrected chi connectivity index (χ2v) is 5.07. The average Bonchev–Trinajstić information content (AvgIpc) is 2.98. The molecule has 0 amide bonds. The fourth-order valence-corrected chi connectivity index (χ4v) is 2.41. The molecule has 3 aromatic rings. The topological polar surface area (TPSA) is 66.0 Å². The van der Waals surface area contributed by atoms with Crippen molar-refractivity contribution in [2.75, 3.05) is 12.8 Å². The van der Waals surface area contributed by atoms with Gasteiger partial charge in [-0.15, -0.1) is 0 Å². The van der Waals surface area contributed by atoms with Gasteiger partial charge in [-0.3, -0.25) is 0 Å². The van der Waals surface area contributed by atoms with E-state index in [1.165, 1.54) is 13.2 Å². The van der Waals surface area contributed by atoms with Crippen LogP contribution in [0.2, 0.25) is 5.02 Å². The Kier molecular flexibility index (Phi) is 3.56. The van der Waals surface area contributed by atoms with E-state index in [1.54, 1.807) is 12.1 Å².